The molecule has 0 saturated carbocycles. The van der Waals surface area contributed by atoms with Gasteiger partial charge in [0.05, 0.1) is 18.6 Å². The number of sulfonamides is 1. The molecule has 10 heteroatoms. The van der Waals surface area contributed by atoms with E-state index < -0.39 is 34.5 Å². The molecule has 0 fully saturated rings. The summed E-state index contributed by atoms with van der Waals surface area (Å²) in [5.74, 6) is -1.43. The maximum absolute atomic E-state index is 12.3. The van der Waals surface area contributed by atoms with Gasteiger partial charge in [0.2, 0.25) is 15.9 Å². The molecular weight excluding hydrogens is 408 g/mol. The first-order valence-electron chi connectivity index (χ1n) is 8.99. The molecule has 0 heterocycles. The van der Waals surface area contributed by atoms with Crippen molar-refractivity contribution in [2.75, 3.05) is 13.7 Å². The van der Waals surface area contributed by atoms with E-state index in [0.717, 1.165) is 5.56 Å². The van der Waals surface area contributed by atoms with E-state index in [-0.39, 0.29) is 17.2 Å². The number of hydrogen-bond donors (Lipinski definition) is 4. The number of carbonyl (C=O) groups excluding carboxylic acids is 2. The lowest BCUT2D eigenvalue weighted by Crippen LogP contribution is -2.47. The monoisotopic (exact) mass is 432 g/mol. The van der Waals surface area contributed by atoms with E-state index in [1.165, 1.54) is 19.2 Å². The molecule has 9 nitrogen and oxygen atoms in total. The van der Waals surface area contributed by atoms with E-state index in [9.17, 15) is 18.0 Å². The van der Waals surface area contributed by atoms with Crippen LogP contribution in [0.3, 0.4) is 0 Å². The van der Waals surface area contributed by atoms with Gasteiger partial charge in [0, 0.05) is 12.0 Å². The molecule has 2 aromatic carbocycles. The summed E-state index contributed by atoms with van der Waals surface area (Å²) in [6.45, 7) is 1.30. The molecule has 160 valence electrons. The maximum atomic E-state index is 12.3. The van der Waals surface area contributed by atoms with Crippen LogP contribution < -0.4 is 15.8 Å². The zero-order valence-corrected chi connectivity index (χ0v) is 17.5. The molecule has 0 spiro atoms. The SMILES string of the molecule is COC(=O)[C@H](Cc1ccc(C(=N)N)cc1)NC(=O)CNS(=O)(=O)c1ccc(C)cc1. The summed E-state index contributed by atoms with van der Waals surface area (Å²) in [5, 5.41) is 9.88. The van der Waals surface area contributed by atoms with Crippen molar-refractivity contribution in [3.05, 3.63) is 65.2 Å². The van der Waals surface area contributed by atoms with E-state index in [4.69, 9.17) is 15.9 Å². The fraction of sp³-hybridized carbons (Fsp3) is 0.250. The molecule has 0 radical (unpaired) electrons. The number of rotatable bonds is 9. The van der Waals surface area contributed by atoms with Gasteiger partial charge in [-0.3, -0.25) is 10.2 Å². The second-order valence-corrected chi connectivity index (χ2v) is 8.36. The lowest BCUT2D eigenvalue weighted by Gasteiger charge is -2.17. The van der Waals surface area contributed by atoms with Crippen LogP contribution in [0.5, 0.6) is 0 Å². The standard InChI is InChI=1S/C20H24N4O5S/c1-13-3-9-16(10-4-13)30(27,28)23-12-18(25)24-17(20(26)29-2)11-14-5-7-15(8-6-14)19(21)22/h3-10,17,23H,11-12H2,1-2H3,(H3,21,22)(H,24,25)/t17-/m0/s1. The van der Waals surface area contributed by atoms with Crippen LogP contribution in [0.15, 0.2) is 53.4 Å². The van der Waals surface area contributed by atoms with Gasteiger partial charge >= 0.3 is 5.97 Å². The van der Waals surface area contributed by atoms with Gasteiger partial charge in [-0.1, -0.05) is 42.0 Å². The van der Waals surface area contributed by atoms with Crippen LogP contribution in [0.4, 0.5) is 0 Å². The first-order valence-corrected chi connectivity index (χ1v) is 10.5. The maximum Gasteiger partial charge on any atom is 0.328 e. The van der Waals surface area contributed by atoms with Crippen molar-refractivity contribution < 1.29 is 22.7 Å². The summed E-state index contributed by atoms with van der Waals surface area (Å²) in [4.78, 5) is 24.3. The highest BCUT2D eigenvalue weighted by atomic mass is 32.2. The highest BCUT2D eigenvalue weighted by Crippen LogP contribution is 2.10. The molecule has 0 bridgehead atoms. The van der Waals surface area contributed by atoms with Crippen molar-refractivity contribution in [3.63, 3.8) is 0 Å². The molecular formula is C20H24N4O5S. The predicted octanol–water partition coefficient (Wildman–Crippen LogP) is 0.458. The zero-order valence-electron chi connectivity index (χ0n) is 16.6. The van der Waals surface area contributed by atoms with Crippen molar-refractivity contribution in [1.82, 2.24) is 10.0 Å². The summed E-state index contributed by atoms with van der Waals surface area (Å²) < 4.78 is 31.5. The average Bonchev–Trinajstić information content (AvgIpc) is 2.72. The Bertz CT molecular complexity index is 1020. The fourth-order valence-electron chi connectivity index (χ4n) is 2.60. The highest BCUT2D eigenvalue weighted by Gasteiger charge is 2.23. The van der Waals surface area contributed by atoms with Crippen LogP contribution in [0.1, 0.15) is 16.7 Å². The first kappa shape index (κ1) is 23.0. The molecule has 1 atom stereocenters. The van der Waals surface area contributed by atoms with Crippen molar-refractivity contribution in [3.8, 4) is 0 Å². The number of nitrogens with two attached hydrogens (primary N) is 1. The van der Waals surface area contributed by atoms with Gasteiger partial charge in [-0.05, 0) is 24.6 Å². The Hall–Kier alpha value is -3.24. The summed E-state index contributed by atoms with van der Waals surface area (Å²) in [6.07, 6.45) is 0.126. The third-order valence-corrected chi connectivity index (χ3v) is 5.70. The van der Waals surface area contributed by atoms with Gasteiger partial charge in [-0.15, -0.1) is 0 Å². The number of nitrogen functional groups attached to an aromatic ring is 1. The third kappa shape index (κ3) is 6.39. The Labute approximate surface area is 175 Å². The number of hydrogen-bond acceptors (Lipinski definition) is 6. The molecule has 0 aliphatic rings. The Morgan fingerprint density at radius 3 is 2.23 bits per heavy atom. The zero-order chi connectivity index (χ0) is 22.3. The highest BCUT2D eigenvalue weighted by molar-refractivity contribution is 7.89. The second-order valence-electron chi connectivity index (χ2n) is 6.60. The van der Waals surface area contributed by atoms with E-state index in [2.05, 4.69) is 10.0 Å². The van der Waals surface area contributed by atoms with Crippen LogP contribution in [0.25, 0.3) is 0 Å². The number of nitrogens with one attached hydrogen (secondary N) is 3. The Morgan fingerprint density at radius 2 is 1.70 bits per heavy atom. The number of ether oxygens (including phenoxy) is 1. The van der Waals surface area contributed by atoms with Crippen LogP contribution in [0.2, 0.25) is 0 Å². The number of amides is 1. The molecule has 5 N–H and O–H groups in total. The molecule has 0 aromatic heterocycles. The fourth-order valence-corrected chi connectivity index (χ4v) is 3.58. The largest absolute Gasteiger partial charge is 0.467 e. The Morgan fingerprint density at radius 1 is 1.10 bits per heavy atom. The quantitative estimate of drug-likeness (QED) is 0.257. The van der Waals surface area contributed by atoms with Crippen molar-refractivity contribution in [2.45, 2.75) is 24.3 Å². The Balaban J connectivity index is 2.01. The number of benzene rings is 2. The minimum absolute atomic E-state index is 0.0379. The average molecular weight is 433 g/mol. The normalized spacial score (nSPS) is 12.1. The molecule has 0 saturated heterocycles. The smallest absolute Gasteiger partial charge is 0.328 e. The molecule has 2 aromatic rings. The number of methoxy groups -OCH3 is 1. The van der Waals surface area contributed by atoms with Crippen LogP contribution in [-0.2, 0) is 30.8 Å². The minimum Gasteiger partial charge on any atom is -0.467 e. The lowest BCUT2D eigenvalue weighted by atomic mass is 10.0. The van der Waals surface area contributed by atoms with Crippen molar-refractivity contribution in [1.29, 1.82) is 5.41 Å². The lowest BCUT2D eigenvalue weighted by molar-refractivity contribution is -0.144. The number of aryl methyl sites for hydroxylation is 1. The van der Waals surface area contributed by atoms with Gasteiger partial charge in [0.15, 0.2) is 0 Å². The first-order chi connectivity index (χ1) is 14.1. The molecule has 0 aliphatic heterocycles. The molecule has 0 unspecified atom stereocenters. The molecule has 0 aliphatic carbocycles. The van der Waals surface area contributed by atoms with Crippen LogP contribution in [-0.4, -0.2) is 45.8 Å². The minimum atomic E-state index is -3.86. The van der Waals surface area contributed by atoms with Crippen molar-refractivity contribution >= 4 is 27.7 Å². The molecule has 2 rings (SSSR count). The molecule has 1 amide bonds. The third-order valence-electron chi connectivity index (χ3n) is 4.28. The number of esters is 1. The topological polar surface area (TPSA) is 151 Å². The summed E-state index contributed by atoms with van der Waals surface area (Å²) in [6, 6.07) is 11.8. The number of carbonyl (C=O) groups is 2. The number of amidine groups is 1. The van der Waals surface area contributed by atoms with Crippen molar-refractivity contribution in [2.24, 2.45) is 5.73 Å². The van der Waals surface area contributed by atoms with Gasteiger partial charge < -0.3 is 15.8 Å². The predicted molar refractivity (Wildman–Crippen MR) is 111 cm³/mol. The van der Waals surface area contributed by atoms with E-state index in [0.29, 0.717) is 11.1 Å². The van der Waals surface area contributed by atoms with Gasteiger partial charge in [-0.25, -0.2) is 17.9 Å². The van der Waals surface area contributed by atoms with Gasteiger partial charge in [-0.2, -0.15) is 0 Å². The summed E-state index contributed by atoms with van der Waals surface area (Å²) in [7, 11) is -2.67. The second kappa shape index (κ2) is 9.99. The van der Waals surface area contributed by atoms with Crippen LogP contribution >= 0.6 is 0 Å². The van der Waals surface area contributed by atoms with Gasteiger partial charge in [0.25, 0.3) is 0 Å². The van der Waals surface area contributed by atoms with E-state index in [1.54, 1.807) is 36.4 Å². The van der Waals surface area contributed by atoms with E-state index >= 15 is 0 Å². The Kier molecular flexibility index (Phi) is 7.67. The summed E-state index contributed by atoms with van der Waals surface area (Å²) in [5.41, 5.74) is 7.56. The van der Waals surface area contributed by atoms with E-state index in [1.807, 2.05) is 6.92 Å². The molecule has 30 heavy (non-hydrogen) atoms. The van der Waals surface area contributed by atoms with Crippen LogP contribution in [0, 0.1) is 12.3 Å². The van der Waals surface area contributed by atoms with Gasteiger partial charge in [0.1, 0.15) is 11.9 Å². The summed E-state index contributed by atoms with van der Waals surface area (Å²) >= 11 is 0.